The summed E-state index contributed by atoms with van der Waals surface area (Å²) in [7, 11) is 1.62. The van der Waals surface area contributed by atoms with Gasteiger partial charge in [-0.15, -0.1) is 0 Å². The molecule has 0 bridgehead atoms. The van der Waals surface area contributed by atoms with Gasteiger partial charge in [-0.25, -0.2) is 0 Å². The minimum Gasteiger partial charge on any atom is -0.497 e. The van der Waals surface area contributed by atoms with Gasteiger partial charge in [-0.2, -0.15) is 0 Å². The van der Waals surface area contributed by atoms with Crippen LogP contribution < -0.4 is 20.1 Å². The zero-order chi connectivity index (χ0) is 17.9. The fourth-order valence-corrected chi connectivity index (χ4v) is 3.50. The van der Waals surface area contributed by atoms with Crippen LogP contribution in [0.3, 0.4) is 0 Å². The van der Waals surface area contributed by atoms with E-state index in [2.05, 4.69) is 28.8 Å². The molecular formula is C21H22N2O3. The van der Waals surface area contributed by atoms with Crippen LogP contribution in [0.1, 0.15) is 22.7 Å². The fourth-order valence-electron chi connectivity index (χ4n) is 3.50. The van der Waals surface area contributed by atoms with E-state index in [1.165, 1.54) is 11.1 Å². The van der Waals surface area contributed by atoms with Gasteiger partial charge in [-0.1, -0.05) is 24.3 Å². The van der Waals surface area contributed by atoms with Crippen LogP contribution in [0.4, 0.5) is 0 Å². The van der Waals surface area contributed by atoms with Crippen molar-refractivity contribution in [3.63, 3.8) is 0 Å². The maximum atomic E-state index is 12.6. The molecule has 0 fully saturated rings. The molecule has 5 nitrogen and oxygen atoms in total. The average Bonchev–Trinajstić information content (AvgIpc) is 2.71. The van der Waals surface area contributed by atoms with Gasteiger partial charge in [-0.05, 0) is 48.4 Å². The van der Waals surface area contributed by atoms with Crippen molar-refractivity contribution in [3.05, 3.63) is 64.7 Å². The Morgan fingerprint density at radius 2 is 2.19 bits per heavy atom. The molecule has 2 heterocycles. The van der Waals surface area contributed by atoms with Crippen molar-refractivity contribution in [3.8, 4) is 11.5 Å². The highest BCUT2D eigenvalue weighted by molar-refractivity contribution is 5.99. The first-order chi connectivity index (χ1) is 12.7. The van der Waals surface area contributed by atoms with E-state index in [9.17, 15) is 4.79 Å². The zero-order valence-electron chi connectivity index (χ0n) is 14.7. The predicted octanol–water partition coefficient (Wildman–Crippen LogP) is 2.47. The lowest BCUT2D eigenvalue weighted by Gasteiger charge is -2.27. The van der Waals surface area contributed by atoms with E-state index in [0.717, 1.165) is 30.0 Å². The van der Waals surface area contributed by atoms with Crippen molar-refractivity contribution in [1.82, 2.24) is 10.6 Å². The molecule has 26 heavy (non-hydrogen) atoms. The number of hydrogen-bond donors (Lipinski definition) is 2. The Bertz CT molecular complexity index is 860. The van der Waals surface area contributed by atoms with Gasteiger partial charge in [0.1, 0.15) is 18.1 Å². The molecule has 4 rings (SSSR count). The van der Waals surface area contributed by atoms with Crippen LogP contribution >= 0.6 is 0 Å². The third-order valence-electron chi connectivity index (χ3n) is 4.90. The molecule has 2 aromatic rings. The van der Waals surface area contributed by atoms with Crippen LogP contribution in [0.15, 0.2) is 48.0 Å². The minimum atomic E-state index is -0.0941. The molecule has 2 aromatic carbocycles. The third-order valence-corrected chi connectivity index (χ3v) is 4.90. The summed E-state index contributed by atoms with van der Waals surface area (Å²) in [5.74, 6) is 1.42. The van der Waals surface area contributed by atoms with Crippen molar-refractivity contribution in [2.75, 3.05) is 26.8 Å². The van der Waals surface area contributed by atoms with Gasteiger partial charge in [0, 0.05) is 18.2 Å². The Balaban J connectivity index is 1.45. The maximum Gasteiger partial charge on any atom is 0.250 e. The largest absolute Gasteiger partial charge is 0.497 e. The SMILES string of the molecule is COc1ccc2c(c1)C=C(C(=O)NCC1NCCc3ccccc31)CO2. The number of nitrogens with one attached hydrogen (secondary N) is 2. The molecule has 1 atom stereocenters. The van der Waals surface area contributed by atoms with Gasteiger partial charge in [0.05, 0.1) is 12.7 Å². The first-order valence-corrected chi connectivity index (χ1v) is 8.85. The van der Waals surface area contributed by atoms with E-state index in [0.29, 0.717) is 12.1 Å². The van der Waals surface area contributed by atoms with Gasteiger partial charge in [-0.3, -0.25) is 4.79 Å². The first-order valence-electron chi connectivity index (χ1n) is 8.85. The molecule has 0 spiro atoms. The lowest BCUT2D eigenvalue weighted by molar-refractivity contribution is -0.117. The number of fused-ring (bicyclic) bond motifs is 2. The molecule has 1 amide bonds. The van der Waals surface area contributed by atoms with E-state index < -0.39 is 0 Å². The number of benzene rings is 2. The summed E-state index contributed by atoms with van der Waals surface area (Å²) in [4.78, 5) is 12.6. The molecule has 0 aromatic heterocycles. The predicted molar refractivity (Wildman–Crippen MR) is 100 cm³/mol. The summed E-state index contributed by atoms with van der Waals surface area (Å²) in [6.45, 7) is 1.76. The van der Waals surface area contributed by atoms with Gasteiger partial charge >= 0.3 is 0 Å². The van der Waals surface area contributed by atoms with E-state index in [4.69, 9.17) is 9.47 Å². The average molecular weight is 350 g/mol. The summed E-state index contributed by atoms with van der Waals surface area (Å²) < 4.78 is 10.9. The van der Waals surface area contributed by atoms with E-state index in [1.807, 2.05) is 30.3 Å². The molecule has 134 valence electrons. The molecule has 1 unspecified atom stereocenters. The van der Waals surface area contributed by atoms with Crippen molar-refractivity contribution in [2.45, 2.75) is 12.5 Å². The highest BCUT2D eigenvalue weighted by Crippen LogP contribution is 2.30. The first kappa shape index (κ1) is 16.7. The van der Waals surface area contributed by atoms with Gasteiger partial charge in [0.2, 0.25) is 0 Å². The van der Waals surface area contributed by atoms with Crippen LogP contribution in [-0.4, -0.2) is 32.7 Å². The van der Waals surface area contributed by atoms with E-state index in [1.54, 1.807) is 7.11 Å². The summed E-state index contributed by atoms with van der Waals surface area (Å²) >= 11 is 0. The monoisotopic (exact) mass is 350 g/mol. The van der Waals surface area contributed by atoms with Crippen LogP contribution in [0.25, 0.3) is 6.08 Å². The molecule has 2 aliphatic heterocycles. The second-order valence-electron chi connectivity index (χ2n) is 6.53. The smallest absolute Gasteiger partial charge is 0.250 e. The van der Waals surface area contributed by atoms with E-state index in [-0.39, 0.29) is 18.6 Å². The van der Waals surface area contributed by atoms with Crippen molar-refractivity contribution in [2.24, 2.45) is 0 Å². The number of ether oxygens (including phenoxy) is 2. The standard InChI is InChI=1S/C21H22N2O3/c1-25-17-6-7-20-15(11-17)10-16(13-26-20)21(24)23-12-19-18-5-3-2-4-14(18)8-9-22-19/h2-7,10-11,19,22H,8-9,12-13H2,1H3,(H,23,24). The highest BCUT2D eigenvalue weighted by Gasteiger charge is 2.22. The lowest BCUT2D eigenvalue weighted by atomic mass is 9.94. The fraction of sp³-hybridized carbons (Fsp3) is 0.286. The lowest BCUT2D eigenvalue weighted by Crippen LogP contribution is -2.39. The quantitative estimate of drug-likeness (QED) is 0.889. The highest BCUT2D eigenvalue weighted by atomic mass is 16.5. The van der Waals surface area contributed by atoms with E-state index >= 15 is 0 Å². The zero-order valence-corrected chi connectivity index (χ0v) is 14.7. The molecule has 0 saturated carbocycles. The Hall–Kier alpha value is -2.79. The minimum absolute atomic E-state index is 0.0941. The summed E-state index contributed by atoms with van der Waals surface area (Å²) in [6, 6.07) is 14.1. The molecule has 2 aliphatic rings. The molecule has 0 saturated heterocycles. The number of hydrogen-bond acceptors (Lipinski definition) is 4. The second-order valence-corrected chi connectivity index (χ2v) is 6.53. The molecular weight excluding hydrogens is 328 g/mol. The van der Waals surface area contributed by atoms with Crippen molar-refractivity contribution < 1.29 is 14.3 Å². The summed E-state index contributed by atoms with van der Waals surface area (Å²) in [5.41, 5.74) is 4.10. The van der Waals surface area contributed by atoms with Crippen molar-refractivity contribution in [1.29, 1.82) is 0 Å². The van der Waals surface area contributed by atoms with Crippen LogP contribution in [0.5, 0.6) is 11.5 Å². The molecule has 0 aliphatic carbocycles. The number of amides is 1. The van der Waals surface area contributed by atoms with Gasteiger partial charge in [0.25, 0.3) is 5.91 Å². The van der Waals surface area contributed by atoms with Crippen LogP contribution in [0.2, 0.25) is 0 Å². The van der Waals surface area contributed by atoms with Crippen molar-refractivity contribution >= 4 is 12.0 Å². The topological polar surface area (TPSA) is 59.6 Å². The molecule has 2 N–H and O–H groups in total. The Morgan fingerprint density at radius 3 is 3.08 bits per heavy atom. The number of carbonyl (C=O) groups is 1. The summed E-state index contributed by atoms with van der Waals surface area (Å²) in [5, 5.41) is 6.52. The van der Waals surface area contributed by atoms with Crippen LogP contribution in [-0.2, 0) is 11.2 Å². The molecule has 5 heteroatoms. The number of carbonyl (C=O) groups excluding carboxylic acids is 1. The Morgan fingerprint density at radius 1 is 1.31 bits per heavy atom. The normalized spacial score (nSPS) is 18.0. The van der Waals surface area contributed by atoms with Crippen LogP contribution in [0, 0.1) is 0 Å². The number of methoxy groups -OCH3 is 1. The molecule has 0 radical (unpaired) electrons. The summed E-state index contributed by atoms with van der Waals surface area (Å²) in [6.07, 6.45) is 2.90. The Labute approximate surface area is 153 Å². The van der Waals surface area contributed by atoms with Gasteiger partial charge < -0.3 is 20.1 Å². The van der Waals surface area contributed by atoms with Gasteiger partial charge in [0.15, 0.2) is 0 Å². The number of rotatable bonds is 4. The third kappa shape index (κ3) is 3.30. The Kier molecular flexibility index (Phi) is 4.63. The maximum absolute atomic E-state index is 12.6. The second kappa shape index (κ2) is 7.22.